The van der Waals surface area contributed by atoms with Crippen molar-refractivity contribution in [2.75, 3.05) is 6.54 Å². The molecule has 0 amide bonds. The SMILES string of the molecule is CCNC(c1ncccn1)C1CC(C)(C)OC1(C)C. The van der Waals surface area contributed by atoms with Crippen molar-refractivity contribution in [1.29, 1.82) is 0 Å². The number of hydrogen-bond donors (Lipinski definition) is 1. The molecule has 0 radical (unpaired) electrons. The zero-order valence-electron chi connectivity index (χ0n) is 12.6. The van der Waals surface area contributed by atoms with Gasteiger partial charge in [-0.3, -0.25) is 0 Å². The van der Waals surface area contributed by atoms with E-state index in [1.165, 1.54) is 0 Å². The summed E-state index contributed by atoms with van der Waals surface area (Å²) in [6.07, 6.45) is 4.62. The predicted octanol–water partition coefficient (Wildman–Crippen LogP) is 2.72. The third-order valence-corrected chi connectivity index (χ3v) is 3.83. The molecule has 1 N–H and O–H groups in total. The predicted molar refractivity (Wildman–Crippen MR) is 75.8 cm³/mol. The van der Waals surface area contributed by atoms with Gasteiger partial charge in [-0.2, -0.15) is 0 Å². The second-order valence-corrected chi connectivity index (χ2v) is 6.42. The highest BCUT2D eigenvalue weighted by molar-refractivity contribution is 5.06. The van der Waals surface area contributed by atoms with Gasteiger partial charge in [0.1, 0.15) is 5.82 Å². The van der Waals surface area contributed by atoms with Gasteiger partial charge < -0.3 is 10.1 Å². The van der Waals surface area contributed by atoms with Gasteiger partial charge in [0.25, 0.3) is 0 Å². The molecule has 2 atom stereocenters. The summed E-state index contributed by atoms with van der Waals surface area (Å²) < 4.78 is 6.20. The van der Waals surface area contributed by atoms with E-state index in [0.29, 0.717) is 5.92 Å². The lowest BCUT2D eigenvalue weighted by molar-refractivity contribution is -0.0781. The van der Waals surface area contributed by atoms with E-state index in [-0.39, 0.29) is 17.2 Å². The molecular weight excluding hydrogens is 238 g/mol. The molecule has 4 nitrogen and oxygen atoms in total. The third kappa shape index (κ3) is 3.12. The molecule has 1 aromatic heterocycles. The van der Waals surface area contributed by atoms with Crippen LogP contribution in [0, 0.1) is 5.92 Å². The first kappa shape index (κ1) is 14.4. The van der Waals surface area contributed by atoms with Gasteiger partial charge in [-0.25, -0.2) is 9.97 Å². The van der Waals surface area contributed by atoms with Crippen molar-refractivity contribution in [2.45, 2.75) is 58.3 Å². The Bertz CT molecular complexity index is 417. The fourth-order valence-electron chi connectivity index (χ4n) is 3.23. The van der Waals surface area contributed by atoms with Crippen LogP contribution in [0.3, 0.4) is 0 Å². The number of ether oxygens (including phenoxy) is 1. The van der Waals surface area contributed by atoms with Crippen molar-refractivity contribution < 1.29 is 4.74 Å². The molecule has 1 aliphatic heterocycles. The van der Waals surface area contributed by atoms with Gasteiger partial charge in [0.2, 0.25) is 0 Å². The van der Waals surface area contributed by atoms with Crippen molar-refractivity contribution in [2.24, 2.45) is 5.92 Å². The van der Waals surface area contributed by atoms with Crippen LogP contribution in [0.2, 0.25) is 0 Å². The summed E-state index contributed by atoms with van der Waals surface area (Å²) >= 11 is 0. The molecule has 2 rings (SSSR count). The minimum atomic E-state index is -0.171. The lowest BCUT2D eigenvalue weighted by Gasteiger charge is -2.32. The number of nitrogens with zero attached hydrogens (tertiary/aromatic N) is 2. The van der Waals surface area contributed by atoms with E-state index >= 15 is 0 Å². The maximum atomic E-state index is 6.20. The first-order valence-corrected chi connectivity index (χ1v) is 7.06. The van der Waals surface area contributed by atoms with Crippen LogP contribution in [-0.2, 0) is 4.74 Å². The Morgan fingerprint density at radius 2 is 1.95 bits per heavy atom. The van der Waals surface area contributed by atoms with Crippen LogP contribution in [0.1, 0.15) is 52.9 Å². The molecule has 106 valence electrons. The molecule has 0 saturated carbocycles. The quantitative estimate of drug-likeness (QED) is 0.907. The molecule has 1 saturated heterocycles. The summed E-state index contributed by atoms with van der Waals surface area (Å²) in [6.45, 7) is 11.7. The van der Waals surface area contributed by atoms with Crippen molar-refractivity contribution in [1.82, 2.24) is 15.3 Å². The zero-order valence-corrected chi connectivity index (χ0v) is 12.6. The van der Waals surface area contributed by atoms with Gasteiger partial charge in [0, 0.05) is 18.3 Å². The molecule has 1 fully saturated rings. The van der Waals surface area contributed by atoms with E-state index in [1.807, 2.05) is 6.07 Å². The van der Waals surface area contributed by atoms with Crippen LogP contribution in [0.4, 0.5) is 0 Å². The molecular formula is C15H25N3O. The summed E-state index contributed by atoms with van der Waals surface area (Å²) in [7, 11) is 0. The molecule has 0 aliphatic carbocycles. The summed E-state index contributed by atoms with van der Waals surface area (Å²) in [4.78, 5) is 8.85. The molecule has 4 heteroatoms. The van der Waals surface area contributed by atoms with E-state index in [0.717, 1.165) is 18.8 Å². The highest BCUT2D eigenvalue weighted by Gasteiger charge is 2.49. The Morgan fingerprint density at radius 1 is 1.32 bits per heavy atom. The highest BCUT2D eigenvalue weighted by atomic mass is 16.5. The normalized spacial score (nSPS) is 26.3. The van der Waals surface area contributed by atoms with Crippen molar-refractivity contribution in [3.63, 3.8) is 0 Å². The van der Waals surface area contributed by atoms with Crippen molar-refractivity contribution in [3.05, 3.63) is 24.3 Å². The largest absolute Gasteiger partial charge is 0.369 e. The van der Waals surface area contributed by atoms with Crippen LogP contribution in [0.25, 0.3) is 0 Å². The van der Waals surface area contributed by atoms with Crippen LogP contribution >= 0.6 is 0 Å². The summed E-state index contributed by atoms with van der Waals surface area (Å²) in [5, 5.41) is 3.53. The fourth-order valence-corrected chi connectivity index (χ4v) is 3.23. The second-order valence-electron chi connectivity index (χ2n) is 6.42. The van der Waals surface area contributed by atoms with E-state index in [1.54, 1.807) is 12.4 Å². The zero-order chi connectivity index (χ0) is 14.1. The molecule has 0 bridgehead atoms. The number of rotatable bonds is 4. The molecule has 1 aromatic rings. The van der Waals surface area contributed by atoms with Gasteiger partial charge >= 0.3 is 0 Å². The Morgan fingerprint density at radius 3 is 2.42 bits per heavy atom. The molecule has 2 heterocycles. The molecule has 0 spiro atoms. The van der Waals surface area contributed by atoms with E-state index in [2.05, 4.69) is 49.9 Å². The van der Waals surface area contributed by atoms with Crippen LogP contribution in [0.15, 0.2) is 18.5 Å². The molecule has 0 aromatic carbocycles. The standard InChI is InChI=1S/C15H25N3O/c1-6-16-12(13-17-8-7-9-18-13)11-10-14(2,3)19-15(11,4)5/h7-9,11-12,16H,6,10H2,1-5H3. The number of nitrogens with one attached hydrogen (secondary N) is 1. The average molecular weight is 263 g/mol. The Kier molecular flexibility index (Phi) is 3.92. The minimum absolute atomic E-state index is 0.0867. The molecule has 19 heavy (non-hydrogen) atoms. The van der Waals surface area contributed by atoms with E-state index < -0.39 is 0 Å². The van der Waals surface area contributed by atoms with Gasteiger partial charge in [-0.1, -0.05) is 6.92 Å². The maximum absolute atomic E-state index is 6.20. The van der Waals surface area contributed by atoms with Gasteiger partial charge in [0.15, 0.2) is 0 Å². The first-order valence-electron chi connectivity index (χ1n) is 7.06. The maximum Gasteiger partial charge on any atom is 0.145 e. The first-order chi connectivity index (χ1) is 8.86. The highest BCUT2D eigenvalue weighted by Crippen LogP contribution is 2.47. The van der Waals surface area contributed by atoms with E-state index in [4.69, 9.17) is 4.74 Å². The van der Waals surface area contributed by atoms with Gasteiger partial charge in [-0.05, 0) is 46.7 Å². The van der Waals surface area contributed by atoms with E-state index in [9.17, 15) is 0 Å². The summed E-state index contributed by atoms with van der Waals surface area (Å²) in [5.74, 6) is 1.23. The van der Waals surface area contributed by atoms with Crippen molar-refractivity contribution in [3.8, 4) is 0 Å². The van der Waals surface area contributed by atoms with Crippen LogP contribution in [0.5, 0.6) is 0 Å². The van der Waals surface area contributed by atoms with Gasteiger partial charge in [0.05, 0.1) is 17.2 Å². The van der Waals surface area contributed by atoms with Gasteiger partial charge in [-0.15, -0.1) is 0 Å². The van der Waals surface area contributed by atoms with Crippen LogP contribution < -0.4 is 5.32 Å². The second kappa shape index (κ2) is 5.17. The minimum Gasteiger partial charge on any atom is -0.369 e. The third-order valence-electron chi connectivity index (χ3n) is 3.83. The Balaban J connectivity index is 2.30. The fraction of sp³-hybridized carbons (Fsp3) is 0.733. The summed E-state index contributed by atoms with van der Waals surface area (Å²) in [6, 6.07) is 2.00. The Hall–Kier alpha value is -1.00. The van der Waals surface area contributed by atoms with Crippen molar-refractivity contribution >= 4 is 0 Å². The summed E-state index contributed by atoms with van der Waals surface area (Å²) in [5.41, 5.74) is -0.258. The Labute approximate surface area is 116 Å². The number of aromatic nitrogens is 2. The lowest BCUT2D eigenvalue weighted by Crippen LogP contribution is -2.39. The monoisotopic (exact) mass is 263 g/mol. The topological polar surface area (TPSA) is 47.0 Å². The smallest absolute Gasteiger partial charge is 0.145 e. The molecule has 2 unspecified atom stereocenters. The average Bonchev–Trinajstić information content (AvgIpc) is 2.55. The lowest BCUT2D eigenvalue weighted by atomic mass is 9.81. The molecule has 1 aliphatic rings. The number of hydrogen-bond acceptors (Lipinski definition) is 4. The van der Waals surface area contributed by atoms with Crippen LogP contribution in [-0.4, -0.2) is 27.7 Å².